The highest BCUT2D eigenvalue weighted by Gasteiger charge is 2.50. The molecule has 0 unspecified atom stereocenters. The van der Waals surface area contributed by atoms with E-state index in [0.717, 1.165) is 6.42 Å². The third-order valence-corrected chi connectivity index (χ3v) is 3.58. The van der Waals surface area contributed by atoms with E-state index >= 15 is 0 Å². The Morgan fingerprint density at radius 3 is 2.95 bits per heavy atom. The van der Waals surface area contributed by atoms with Crippen LogP contribution >= 0.6 is 0 Å². The molecule has 2 aromatic heterocycles. The summed E-state index contributed by atoms with van der Waals surface area (Å²) in [5.41, 5.74) is 0.737. The van der Waals surface area contributed by atoms with Gasteiger partial charge in [-0.2, -0.15) is 5.10 Å². The summed E-state index contributed by atoms with van der Waals surface area (Å²) in [5.74, 6) is 1.28. The van der Waals surface area contributed by atoms with E-state index < -0.39 is 0 Å². The van der Waals surface area contributed by atoms with Crippen LogP contribution in [0.25, 0.3) is 11.5 Å². The van der Waals surface area contributed by atoms with E-state index in [1.54, 1.807) is 18.6 Å². The molecule has 0 aromatic carbocycles. The van der Waals surface area contributed by atoms with Gasteiger partial charge in [0.2, 0.25) is 11.7 Å². The predicted molar refractivity (Wildman–Crippen MR) is 71.1 cm³/mol. The van der Waals surface area contributed by atoms with Crippen LogP contribution in [-0.2, 0) is 11.3 Å². The van der Waals surface area contributed by atoms with Crippen molar-refractivity contribution in [2.45, 2.75) is 26.8 Å². The van der Waals surface area contributed by atoms with E-state index in [-0.39, 0.29) is 17.2 Å². The molecular formula is C13H16N6O. The summed E-state index contributed by atoms with van der Waals surface area (Å²) >= 11 is 0. The lowest BCUT2D eigenvalue weighted by Gasteiger charge is -2.04. The number of H-pyrrole nitrogens is 1. The maximum Gasteiger partial charge on any atom is 0.224 e. The molecule has 3 rings (SSSR count). The summed E-state index contributed by atoms with van der Waals surface area (Å²) in [4.78, 5) is 24.2. The van der Waals surface area contributed by atoms with Gasteiger partial charge >= 0.3 is 0 Å². The fourth-order valence-corrected chi connectivity index (χ4v) is 2.11. The van der Waals surface area contributed by atoms with E-state index in [0.29, 0.717) is 23.9 Å². The largest absolute Gasteiger partial charge is 0.349 e. The Hall–Kier alpha value is -2.31. The normalized spacial score (nSPS) is 19.6. The molecule has 0 radical (unpaired) electrons. The first kappa shape index (κ1) is 12.7. The average Bonchev–Trinajstić information content (AvgIpc) is 2.89. The van der Waals surface area contributed by atoms with Crippen molar-refractivity contribution in [1.82, 2.24) is 30.5 Å². The van der Waals surface area contributed by atoms with E-state index in [9.17, 15) is 4.79 Å². The number of amides is 1. The van der Waals surface area contributed by atoms with Crippen molar-refractivity contribution in [3.63, 3.8) is 0 Å². The van der Waals surface area contributed by atoms with Gasteiger partial charge in [0.1, 0.15) is 11.5 Å². The second-order valence-electron chi connectivity index (χ2n) is 5.66. The quantitative estimate of drug-likeness (QED) is 0.862. The van der Waals surface area contributed by atoms with Crippen LogP contribution in [-0.4, -0.2) is 31.1 Å². The molecule has 1 aliphatic carbocycles. The molecule has 0 aliphatic heterocycles. The van der Waals surface area contributed by atoms with Gasteiger partial charge in [-0.1, -0.05) is 13.8 Å². The van der Waals surface area contributed by atoms with Gasteiger partial charge in [0.05, 0.1) is 12.7 Å². The van der Waals surface area contributed by atoms with Crippen LogP contribution in [0.3, 0.4) is 0 Å². The molecule has 0 spiro atoms. The molecule has 1 fully saturated rings. The van der Waals surface area contributed by atoms with Gasteiger partial charge < -0.3 is 5.32 Å². The molecule has 0 saturated heterocycles. The van der Waals surface area contributed by atoms with E-state index in [4.69, 9.17) is 0 Å². The highest BCUT2D eigenvalue weighted by Crippen LogP contribution is 2.51. The van der Waals surface area contributed by atoms with Crippen LogP contribution in [0.1, 0.15) is 26.1 Å². The smallest absolute Gasteiger partial charge is 0.224 e. The Balaban J connectivity index is 1.60. The third-order valence-electron chi connectivity index (χ3n) is 3.58. The van der Waals surface area contributed by atoms with E-state index in [1.807, 2.05) is 0 Å². The SMILES string of the molecule is CC1(C)C[C@H]1C(=O)NCc1nc(-c2cnccn2)n[nH]1. The Labute approximate surface area is 116 Å². The Bertz CT molecular complexity index is 621. The minimum Gasteiger partial charge on any atom is -0.349 e. The van der Waals surface area contributed by atoms with Crippen molar-refractivity contribution in [3.05, 3.63) is 24.4 Å². The van der Waals surface area contributed by atoms with Gasteiger partial charge in [-0.25, -0.2) is 9.97 Å². The first-order chi connectivity index (χ1) is 9.56. The molecule has 2 heterocycles. The zero-order chi connectivity index (χ0) is 14.2. The minimum absolute atomic E-state index is 0.0763. The number of nitrogens with zero attached hydrogens (tertiary/aromatic N) is 4. The van der Waals surface area contributed by atoms with Crippen molar-refractivity contribution in [1.29, 1.82) is 0 Å². The number of carbonyl (C=O) groups is 1. The number of carbonyl (C=O) groups excluding carboxylic acids is 1. The fourth-order valence-electron chi connectivity index (χ4n) is 2.11. The van der Waals surface area contributed by atoms with Gasteiger partial charge in [0.25, 0.3) is 0 Å². The summed E-state index contributed by atoms with van der Waals surface area (Å²) in [6.07, 6.45) is 5.72. The van der Waals surface area contributed by atoms with Crippen molar-refractivity contribution in [2.24, 2.45) is 11.3 Å². The lowest BCUT2D eigenvalue weighted by atomic mass is 10.1. The predicted octanol–water partition coefficient (Wildman–Crippen LogP) is 0.924. The minimum atomic E-state index is 0.0763. The Morgan fingerprint density at radius 2 is 2.30 bits per heavy atom. The molecular weight excluding hydrogens is 256 g/mol. The van der Waals surface area contributed by atoms with Crippen LogP contribution in [0, 0.1) is 11.3 Å². The molecule has 2 N–H and O–H groups in total. The van der Waals surface area contributed by atoms with Gasteiger partial charge in [-0.15, -0.1) is 0 Å². The van der Waals surface area contributed by atoms with Crippen molar-refractivity contribution in [2.75, 3.05) is 0 Å². The van der Waals surface area contributed by atoms with Crippen molar-refractivity contribution in [3.8, 4) is 11.5 Å². The summed E-state index contributed by atoms with van der Waals surface area (Å²) in [6.45, 7) is 4.54. The van der Waals surface area contributed by atoms with Crippen LogP contribution in [0.15, 0.2) is 18.6 Å². The fraction of sp³-hybridized carbons (Fsp3) is 0.462. The molecule has 1 aliphatic rings. The second kappa shape index (κ2) is 4.66. The first-order valence-electron chi connectivity index (χ1n) is 6.52. The molecule has 7 heteroatoms. The molecule has 2 aromatic rings. The number of nitrogens with one attached hydrogen (secondary N) is 2. The Kier molecular flexibility index (Phi) is 2.96. The lowest BCUT2D eigenvalue weighted by molar-refractivity contribution is -0.123. The Morgan fingerprint density at radius 1 is 1.50 bits per heavy atom. The molecule has 1 atom stereocenters. The van der Waals surface area contributed by atoms with Crippen LogP contribution < -0.4 is 5.32 Å². The van der Waals surface area contributed by atoms with Crippen molar-refractivity contribution < 1.29 is 4.79 Å². The van der Waals surface area contributed by atoms with Crippen LogP contribution in [0.2, 0.25) is 0 Å². The first-order valence-corrected chi connectivity index (χ1v) is 6.52. The second-order valence-corrected chi connectivity index (χ2v) is 5.66. The third kappa shape index (κ3) is 2.52. The monoisotopic (exact) mass is 272 g/mol. The van der Waals surface area contributed by atoms with Gasteiger partial charge in [-0.3, -0.25) is 14.9 Å². The van der Waals surface area contributed by atoms with Gasteiger partial charge in [0, 0.05) is 18.3 Å². The number of hydrogen-bond acceptors (Lipinski definition) is 5. The number of hydrogen-bond donors (Lipinski definition) is 2. The summed E-state index contributed by atoms with van der Waals surface area (Å²) in [7, 11) is 0. The lowest BCUT2D eigenvalue weighted by Crippen LogP contribution is -2.26. The van der Waals surface area contributed by atoms with E-state index in [1.165, 1.54) is 0 Å². The van der Waals surface area contributed by atoms with Gasteiger partial charge in [0.15, 0.2) is 0 Å². The zero-order valence-electron chi connectivity index (χ0n) is 11.4. The molecule has 104 valence electrons. The molecule has 1 amide bonds. The summed E-state index contributed by atoms with van der Waals surface area (Å²) in [5, 5.41) is 9.73. The average molecular weight is 272 g/mol. The highest BCUT2D eigenvalue weighted by atomic mass is 16.2. The summed E-state index contributed by atoms with van der Waals surface area (Å²) in [6, 6.07) is 0. The van der Waals surface area contributed by atoms with Crippen LogP contribution in [0.5, 0.6) is 0 Å². The highest BCUT2D eigenvalue weighted by molar-refractivity contribution is 5.82. The summed E-state index contributed by atoms with van der Waals surface area (Å²) < 4.78 is 0. The molecule has 0 bridgehead atoms. The molecule has 1 saturated carbocycles. The maximum atomic E-state index is 11.9. The number of aromatic nitrogens is 5. The topological polar surface area (TPSA) is 96.5 Å². The van der Waals surface area contributed by atoms with Crippen LogP contribution in [0.4, 0.5) is 0 Å². The van der Waals surface area contributed by atoms with Crippen molar-refractivity contribution >= 4 is 5.91 Å². The number of aromatic amines is 1. The standard InChI is InChI=1S/C13H16N6O/c1-13(2)5-8(13)12(20)16-7-10-17-11(19-18-10)9-6-14-3-4-15-9/h3-4,6,8H,5,7H2,1-2H3,(H,16,20)(H,17,18,19)/t8-/m0/s1. The molecule has 20 heavy (non-hydrogen) atoms. The molecule has 7 nitrogen and oxygen atoms in total. The number of rotatable bonds is 4. The van der Waals surface area contributed by atoms with Gasteiger partial charge in [-0.05, 0) is 11.8 Å². The maximum absolute atomic E-state index is 11.9. The van der Waals surface area contributed by atoms with E-state index in [2.05, 4.69) is 44.3 Å². The zero-order valence-corrected chi connectivity index (χ0v) is 11.4.